The topological polar surface area (TPSA) is 52.6 Å². The second-order valence-electron chi connectivity index (χ2n) is 4.50. The van der Waals surface area contributed by atoms with Crippen molar-refractivity contribution in [2.45, 2.75) is 51.5 Å². The van der Waals surface area contributed by atoms with E-state index in [2.05, 4.69) is 12.2 Å². The van der Waals surface area contributed by atoms with Gasteiger partial charge in [-0.25, -0.2) is 4.79 Å². The molecule has 0 aromatic carbocycles. The molecule has 2 N–H and O–H groups in total. The monoisotopic (exact) mass is 228 g/mol. The summed E-state index contributed by atoms with van der Waals surface area (Å²) in [6, 6.07) is 0.352. The van der Waals surface area contributed by atoms with E-state index < -0.39 is 0 Å². The van der Waals surface area contributed by atoms with E-state index in [1.165, 1.54) is 12.8 Å². The molecule has 16 heavy (non-hydrogen) atoms. The number of amides is 2. The van der Waals surface area contributed by atoms with E-state index in [0.29, 0.717) is 12.6 Å². The molecule has 0 atom stereocenters. The molecule has 0 saturated heterocycles. The molecule has 1 aliphatic rings. The lowest BCUT2D eigenvalue weighted by molar-refractivity contribution is 0.173. The van der Waals surface area contributed by atoms with E-state index in [4.69, 9.17) is 5.11 Å². The van der Waals surface area contributed by atoms with Gasteiger partial charge in [0.25, 0.3) is 0 Å². The first-order chi connectivity index (χ1) is 7.77. The van der Waals surface area contributed by atoms with E-state index >= 15 is 0 Å². The Morgan fingerprint density at radius 1 is 1.38 bits per heavy atom. The number of rotatable bonds is 6. The maximum atomic E-state index is 11.9. The first-order valence-corrected chi connectivity index (χ1v) is 6.44. The number of carbonyl (C=O) groups is 1. The Balaban J connectivity index is 2.32. The molecule has 4 heteroatoms. The normalized spacial score (nSPS) is 16.4. The molecular formula is C12H24N2O2. The molecule has 1 fully saturated rings. The smallest absolute Gasteiger partial charge is 0.317 e. The minimum Gasteiger partial charge on any atom is -0.395 e. The van der Waals surface area contributed by atoms with Crippen LogP contribution in [0, 0.1) is 0 Å². The molecule has 0 aromatic heterocycles. The summed E-state index contributed by atoms with van der Waals surface area (Å²) in [4.78, 5) is 13.6. The summed E-state index contributed by atoms with van der Waals surface area (Å²) >= 11 is 0. The van der Waals surface area contributed by atoms with Crippen molar-refractivity contribution >= 4 is 6.03 Å². The van der Waals surface area contributed by atoms with Crippen molar-refractivity contribution in [1.29, 1.82) is 0 Å². The minimum absolute atomic E-state index is 0.00519. The summed E-state index contributed by atoms with van der Waals surface area (Å²) < 4.78 is 0. The minimum atomic E-state index is -0.00519. The molecule has 4 nitrogen and oxygen atoms in total. The Kier molecular flexibility index (Phi) is 6.23. The molecule has 0 aliphatic heterocycles. The molecule has 0 radical (unpaired) electrons. The Morgan fingerprint density at radius 2 is 2.06 bits per heavy atom. The number of aliphatic hydroxyl groups excluding tert-OH is 1. The number of urea groups is 1. The van der Waals surface area contributed by atoms with Crippen LogP contribution in [0.5, 0.6) is 0 Å². The van der Waals surface area contributed by atoms with Gasteiger partial charge in [0.2, 0.25) is 0 Å². The summed E-state index contributed by atoms with van der Waals surface area (Å²) in [5.41, 5.74) is 0. The molecule has 0 heterocycles. The van der Waals surface area contributed by atoms with Crippen LogP contribution in [-0.2, 0) is 0 Å². The van der Waals surface area contributed by atoms with Crippen LogP contribution >= 0.6 is 0 Å². The quantitative estimate of drug-likeness (QED) is 0.727. The van der Waals surface area contributed by atoms with Crippen molar-refractivity contribution < 1.29 is 9.90 Å². The van der Waals surface area contributed by atoms with Crippen molar-refractivity contribution in [3.8, 4) is 0 Å². The number of carbonyl (C=O) groups excluding carboxylic acids is 1. The van der Waals surface area contributed by atoms with Gasteiger partial charge in [-0.15, -0.1) is 0 Å². The number of hydrogen-bond acceptors (Lipinski definition) is 2. The van der Waals surface area contributed by atoms with Crippen LogP contribution in [0.25, 0.3) is 0 Å². The molecule has 1 rings (SSSR count). The van der Waals surface area contributed by atoms with E-state index in [1.54, 1.807) is 4.90 Å². The van der Waals surface area contributed by atoms with E-state index in [0.717, 1.165) is 32.2 Å². The highest BCUT2D eigenvalue weighted by Gasteiger charge is 2.20. The maximum absolute atomic E-state index is 11.9. The van der Waals surface area contributed by atoms with Gasteiger partial charge in [0, 0.05) is 19.1 Å². The van der Waals surface area contributed by atoms with Crippen LogP contribution in [0.15, 0.2) is 0 Å². The number of aliphatic hydroxyl groups is 1. The lowest BCUT2D eigenvalue weighted by Crippen LogP contribution is -2.45. The third-order valence-electron chi connectivity index (χ3n) is 3.12. The molecule has 94 valence electrons. The summed E-state index contributed by atoms with van der Waals surface area (Å²) in [5.74, 6) is 0. The van der Waals surface area contributed by atoms with Gasteiger partial charge in [-0.05, 0) is 19.3 Å². The van der Waals surface area contributed by atoms with Gasteiger partial charge in [-0.3, -0.25) is 0 Å². The predicted octanol–water partition coefficient (Wildman–Crippen LogP) is 1.73. The molecule has 2 amide bonds. The Labute approximate surface area is 98.0 Å². The van der Waals surface area contributed by atoms with Gasteiger partial charge in [0.15, 0.2) is 0 Å². The molecule has 0 aromatic rings. The second-order valence-corrected chi connectivity index (χ2v) is 4.50. The van der Waals surface area contributed by atoms with Gasteiger partial charge >= 0.3 is 6.03 Å². The number of nitrogens with one attached hydrogen (secondary N) is 1. The van der Waals surface area contributed by atoms with Crippen molar-refractivity contribution in [1.82, 2.24) is 10.2 Å². The van der Waals surface area contributed by atoms with Crippen LogP contribution in [0.2, 0.25) is 0 Å². The van der Waals surface area contributed by atoms with Crippen molar-refractivity contribution in [2.75, 3.05) is 19.7 Å². The third kappa shape index (κ3) is 4.39. The van der Waals surface area contributed by atoms with Gasteiger partial charge in [0.05, 0.1) is 6.61 Å². The molecule has 0 unspecified atom stereocenters. The van der Waals surface area contributed by atoms with E-state index in [1.807, 2.05) is 0 Å². The predicted molar refractivity (Wildman–Crippen MR) is 64.4 cm³/mol. The van der Waals surface area contributed by atoms with Crippen LogP contribution in [0.4, 0.5) is 4.79 Å². The highest BCUT2D eigenvalue weighted by molar-refractivity contribution is 5.74. The largest absolute Gasteiger partial charge is 0.395 e. The SMILES string of the molecule is CCCCN(CCO)C(=O)NC1CCCC1. The van der Waals surface area contributed by atoms with Gasteiger partial charge in [0.1, 0.15) is 0 Å². The fourth-order valence-corrected chi connectivity index (χ4v) is 2.12. The number of nitrogens with zero attached hydrogens (tertiary/aromatic N) is 1. The standard InChI is InChI=1S/C12H24N2O2/c1-2-3-8-14(9-10-15)12(16)13-11-6-4-5-7-11/h11,15H,2-10H2,1H3,(H,13,16). The summed E-state index contributed by atoms with van der Waals surface area (Å²) in [7, 11) is 0. The zero-order chi connectivity index (χ0) is 11.8. The van der Waals surface area contributed by atoms with E-state index in [9.17, 15) is 4.79 Å². The molecular weight excluding hydrogens is 204 g/mol. The number of hydrogen-bond donors (Lipinski definition) is 2. The van der Waals surface area contributed by atoms with Crippen molar-refractivity contribution in [3.63, 3.8) is 0 Å². The molecule has 0 spiro atoms. The zero-order valence-corrected chi connectivity index (χ0v) is 10.2. The van der Waals surface area contributed by atoms with Gasteiger partial charge < -0.3 is 15.3 Å². The maximum Gasteiger partial charge on any atom is 0.317 e. The lowest BCUT2D eigenvalue weighted by atomic mass is 10.2. The average Bonchev–Trinajstić information content (AvgIpc) is 2.76. The number of unbranched alkanes of at least 4 members (excludes halogenated alkanes) is 1. The fraction of sp³-hybridized carbons (Fsp3) is 0.917. The average molecular weight is 228 g/mol. The second kappa shape index (κ2) is 7.49. The first kappa shape index (κ1) is 13.3. The van der Waals surface area contributed by atoms with Gasteiger partial charge in [-0.2, -0.15) is 0 Å². The Bertz CT molecular complexity index is 203. The molecule has 1 saturated carbocycles. The fourth-order valence-electron chi connectivity index (χ4n) is 2.12. The van der Waals surface area contributed by atoms with Crippen LogP contribution in [-0.4, -0.2) is 41.8 Å². The highest BCUT2D eigenvalue weighted by Crippen LogP contribution is 2.17. The van der Waals surface area contributed by atoms with Gasteiger partial charge in [-0.1, -0.05) is 26.2 Å². The highest BCUT2D eigenvalue weighted by atomic mass is 16.3. The third-order valence-corrected chi connectivity index (χ3v) is 3.12. The van der Waals surface area contributed by atoms with Crippen LogP contribution in [0.1, 0.15) is 45.4 Å². The van der Waals surface area contributed by atoms with Crippen molar-refractivity contribution in [2.24, 2.45) is 0 Å². The van der Waals surface area contributed by atoms with Crippen molar-refractivity contribution in [3.05, 3.63) is 0 Å². The molecule has 0 bridgehead atoms. The lowest BCUT2D eigenvalue weighted by Gasteiger charge is -2.24. The van der Waals surface area contributed by atoms with Crippen LogP contribution in [0.3, 0.4) is 0 Å². The zero-order valence-electron chi connectivity index (χ0n) is 10.2. The summed E-state index contributed by atoms with van der Waals surface area (Å²) in [6.07, 6.45) is 6.72. The van der Waals surface area contributed by atoms with Crippen LogP contribution < -0.4 is 5.32 Å². The molecule has 1 aliphatic carbocycles. The summed E-state index contributed by atoms with van der Waals surface area (Å²) in [6.45, 7) is 3.34. The summed E-state index contributed by atoms with van der Waals surface area (Å²) in [5, 5.41) is 12.0. The van der Waals surface area contributed by atoms with E-state index in [-0.39, 0.29) is 12.6 Å². The first-order valence-electron chi connectivity index (χ1n) is 6.44. The Hall–Kier alpha value is -0.770. The Morgan fingerprint density at radius 3 is 2.62 bits per heavy atom.